The zero-order valence-corrected chi connectivity index (χ0v) is 14.2. The van der Waals surface area contributed by atoms with Crippen molar-refractivity contribution in [2.45, 2.75) is 31.9 Å². The van der Waals surface area contributed by atoms with Gasteiger partial charge in [-0.1, -0.05) is 0 Å². The molecule has 0 atom stereocenters. The molecule has 1 aliphatic heterocycles. The summed E-state index contributed by atoms with van der Waals surface area (Å²) in [7, 11) is 0. The zero-order chi connectivity index (χ0) is 15.2. The van der Waals surface area contributed by atoms with Crippen LogP contribution in [0.3, 0.4) is 0 Å². The van der Waals surface area contributed by atoms with Gasteiger partial charge in [0.15, 0.2) is 0 Å². The number of thiophene rings is 1. The van der Waals surface area contributed by atoms with E-state index in [9.17, 15) is 0 Å². The van der Waals surface area contributed by atoms with E-state index in [1.54, 1.807) is 22.7 Å². The molecule has 1 N–H and O–H groups in total. The number of likely N-dealkylation sites (tertiary alicyclic amines) is 1. The number of thiazole rings is 1. The quantitative estimate of drug-likeness (QED) is 0.787. The molecule has 0 radical (unpaired) electrons. The Labute approximate surface area is 139 Å². The third-order valence-corrected chi connectivity index (χ3v) is 5.52. The first kappa shape index (κ1) is 16.1. The molecule has 22 heavy (non-hydrogen) atoms. The summed E-state index contributed by atoms with van der Waals surface area (Å²) in [5, 5.41) is 16.3. The van der Waals surface area contributed by atoms with Gasteiger partial charge in [0.25, 0.3) is 0 Å². The first-order valence-corrected chi connectivity index (χ1v) is 9.59. The summed E-state index contributed by atoms with van der Waals surface area (Å²) < 4.78 is 5.78. The Morgan fingerprint density at radius 3 is 2.91 bits per heavy atom. The standard InChI is InChI=1S/C16H22N2O2S2/c19-7-1-8-20-15-2-5-18(6-3-15)10-14-12-22-16(17-14)13-4-9-21-11-13/h4,9,11-12,15,19H,1-3,5-8,10H2. The predicted octanol–water partition coefficient (Wildman–Crippen LogP) is 3.24. The molecule has 0 aromatic carbocycles. The number of aliphatic hydroxyl groups excluding tert-OH is 1. The molecular weight excluding hydrogens is 316 g/mol. The normalized spacial score (nSPS) is 17.1. The summed E-state index contributed by atoms with van der Waals surface area (Å²) >= 11 is 3.44. The molecule has 0 spiro atoms. The van der Waals surface area contributed by atoms with Crippen molar-refractivity contribution >= 4 is 22.7 Å². The lowest BCUT2D eigenvalue weighted by Gasteiger charge is -2.31. The van der Waals surface area contributed by atoms with Crippen LogP contribution in [-0.4, -0.2) is 47.4 Å². The topological polar surface area (TPSA) is 45.6 Å². The summed E-state index contributed by atoms with van der Waals surface area (Å²) in [6.07, 6.45) is 3.25. The van der Waals surface area contributed by atoms with Gasteiger partial charge in [-0.15, -0.1) is 11.3 Å². The van der Waals surface area contributed by atoms with E-state index in [1.807, 2.05) is 0 Å². The first-order chi connectivity index (χ1) is 10.8. The van der Waals surface area contributed by atoms with Crippen molar-refractivity contribution in [3.05, 3.63) is 27.9 Å². The molecule has 0 amide bonds. The molecule has 1 fully saturated rings. The van der Waals surface area contributed by atoms with Crippen LogP contribution in [0.4, 0.5) is 0 Å². The largest absolute Gasteiger partial charge is 0.396 e. The first-order valence-electron chi connectivity index (χ1n) is 7.77. The lowest BCUT2D eigenvalue weighted by Crippen LogP contribution is -2.36. The van der Waals surface area contributed by atoms with E-state index in [0.29, 0.717) is 12.7 Å². The summed E-state index contributed by atoms with van der Waals surface area (Å²) in [5.74, 6) is 0. The molecule has 2 aromatic rings. The second kappa shape index (κ2) is 8.17. The van der Waals surface area contributed by atoms with Crippen molar-refractivity contribution in [1.29, 1.82) is 0 Å². The van der Waals surface area contributed by atoms with Gasteiger partial charge in [0.1, 0.15) is 5.01 Å². The van der Waals surface area contributed by atoms with Crippen molar-refractivity contribution in [2.75, 3.05) is 26.3 Å². The third-order valence-electron chi connectivity index (χ3n) is 3.90. The number of nitrogens with zero attached hydrogens (tertiary/aromatic N) is 2. The van der Waals surface area contributed by atoms with Crippen LogP contribution in [0.15, 0.2) is 22.2 Å². The minimum Gasteiger partial charge on any atom is -0.396 e. The van der Waals surface area contributed by atoms with Gasteiger partial charge in [-0.3, -0.25) is 4.90 Å². The number of piperidine rings is 1. The average Bonchev–Trinajstić information content (AvgIpc) is 3.20. The highest BCUT2D eigenvalue weighted by Gasteiger charge is 2.20. The van der Waals surface area contributed by atoms with E-state index in [-0.39, 0.29) is 6.61 Å². The van der Waals surface area contributed by atoms with Crippen molar-refractivity contribution in [3.8, 4) is 10.6 Å². The smallest absolute Gasteiger partial charge is 0.124 e. The van der Waals surface area contributed by atoms with Gasteiger partial charge in [0.05, 0.1) is 11.8 Å². The lowest BCUT2D eigenvalue weighted by atomic mass is 10.1. The number of ether oxygens (including phenoxy) is 1. The van der Waals surface area contributed by atoms with Crippen LogP contribution in [0, 0.1) is 0 Å². The number of aromatic nitrogens is 1. The van der Waals surface area contributed by atoms with Gasteiger partial charge < -0.3 is 9.84 Å². The second-order valence-corrected chi connectivity index (χ2v) is 7.22. The predicted molar refractivity (Wildman–Crippen MR) is 91.4 cm³/mol. The monoisotopic (exact) mass is 338 g/mol. The molecule has 0 aliphatic carbocycles. The van der Waals surface area contributed by atoms with E-state index < -0.39 is 0 Å². The molecule has 1 aliphatic rings. The van der Waals surface area contributed by atoms with Crippen molar-refractivity contribution < 1.29 is 9.84 Å². The van der Waals surface area contributed by atoms with Gasteiger partial charge in [-0.25, -0.2) is 4.98 Å². The summed E-state index contributed by atoms with van der Waals surface area (Å²) in [4.78, 5) is 7.21. The molecule has 3 heterocycles. The molecule has 0 unspecified atom stereocenters. The van der Waals surface area contributed by atoms with Crippen LogP contribution < -0.4 is 0 Å². The Hall–Kier alpha value is -0.790. The van der Waals surface area contributed by atoms with Crippen LogP contribution in [-0.2, 0) is 11.3 Å². The molecule has 1 saturated heterocycles. The molecular formula is C16H22N2O2S2. The molecule has 6 heteroatoms. The van der Waals surface area contributed by atoms with Gasteiger partial charge in [-0.05, 0) is 30.7 Å². The van der Waals surface area contributed by atoms with Crippen molar-refractivity contribution in [3.63, 3.8) is 0 Å². The van der Waals surface area contributed by atoms with Crippen LogP contribution in [0.25, 0.3) is 10.6 Å². The number of hydrogen-bond acceptors (Lipinski definition) is 6. The molecule has 0 bridgehead atoms. The molecule has 0 saturated carbocycles. The molecule has 3 rings (SSSR count). The highest BCUT2D eigenvalue weighted by molar-refractivity contribution is 7.14. The molecule has 120 valence electrons. The maximum atomic E-state index is 8.78. The Balaban J connectivity index is 1.45. The maximum absolute atomic E-state index is 8.78. The minimum absolute atomic E-state index is 0.217. The minimum atomic E-state index is 0.217. The number of hydrogen-bond donors (Lipinski definition) is 1. The number of rotatable bonds is 7. The molecule has 2 aromatic heterocycles. The SMILES string of the molecule is OCCCOC1CCN(Cc2csc(-c3ccsc3)n2)CC1. The Morgan fingerprint density at radius 2 is 2.18 bits per heavy atom. The van der Waals surface area contributed by atoms with E-state index in [1.165, 1.54) is 11.3 Å². The van der Waals surface area contributed by atoms with E-state index in [2.05, 4.69) is 27.1 Å². The van der Waals surface area contributed by atoms with Gasteiger partial charge in [0, 0.05) is 49.2 Å². The second-order valence-electron chi connectivity index (χ2n) is 5.58. The Kier molecular flexibility index (Phi) is 5.97. The summed E-state index contributed by atoms with van der Waals surface area (Å²) in [5.41, 5.74) is 2.41. The van der Waals surface area contributed by atoms with E-state index in [0.717, 1.165) is 43.9 Å². The highest BCUT2D eigenvalue weighted by atomic mass is 32.1. The van der Waals surface area contributed by atoms with Gasteiger partial charge >= 0.3 is 0 Å². The van der Waals surface area contributed by atoms with Gasteiger partial charge in [-0.2, -0.15) is 11.3 Å². The summed E-state index contributed by atoms with van der Waals surface area (Å²) in [6.45, 7) is 3.96. The van der Waals surface area contributed by atoms with Crippen LogP contribution in [0.5, 0.6) is 0 Å². The zero-order valence-electron chi connectivity index (χ0n) is 12.6. The van der Waals surface area contributed by atoms with E-state index in [4.69, 9.17) is 14.8 Å². The van der Waals surface area contributed by atoms with Crippen molar-refractivity contribution in [2.24, 2.45) is 0 Å². The van der Waals surface area contributed by atoms with Crippen LogP contribution >= 0.6 is 22.7 Å². The van der Waals surface area contributed by atoms with E-state index >= 15 is 0 Å². The fourth-order valence-corrected chi connectivity index (χ4v) is 4.20. The maximum Gasteiger partial charge on any atom is 0.124 e. The van der Waals surface area contributed by atoms with Crippen LogP contribution in [0.2, 0.25) is 0 Å². The number of aliphatic hydroxyl groups is 1. The van der Waals surface area contributed by atoms with Crippen molar-refractivity contribution in [1.82, 2.24) is 9.88 Å². The van der Waals surface area contributed by atoms with Gasteiger partial charge in [0.2, 0.25) is 0 Å². The fraction of sp³-hybridized carbons (Fsp3) is 0.562. The summed E-state index contributed by atoms with van der Waals surface area (Å²) in [6, 6.07) is 2.13. The Bertz CT molecular complexity index is 548. The third kappa shape index (κ3) is 4.36. The highest BCUT2D eigenvalue weighted by Crippen LogP contribution is 2.26. The molecule has 4 nitrogen and oxygen atoms in total. The van der Waals surface area contributed by atoms with Crippen LogP contribution in [0.1, 0.15) is 25.0 Å². The fourth-order valence-electron chi connectivity index (χ4n) is 2.68. The Morgan fingerprint density at radius 1 is 1.32 bits per heavy atom. The lowest BCUT2D eigenvalue weighted by molar-refractivity contribution is 0.000608. The average molecular weight is 338 g/mol.